The van der Waals surface area contributed by atoms with Crippen LogP contribution in [-0.4, -0.2) is 82.8 Å². The molecule has 1 aromatic rings. The van der Waals surface area contributed by atoms with Crippen LogP contribution >= 0.6 is 0 Å². The van der Waals surface area contributed by atoms with Gasteiger partial charge in [0.25, 0.3) is 5.91 Å². The molecular formula is C17H27N4O4S+. The molecule has 2 rings (SSSR count). The van der Waals surface area contributed by atoms with Crippen molar-refractivity contribution >= 4 is 21.8 Å². The molecule has 1 aliphatic rings. The predicted octanol–water partition coefficient (Wildman–Crippen LogP) is -2.08. The van der Waals surface area contributed by atoms with Crippen molar-refractivity contribution in [2.75, 3.05) is 53.4 Å². The second-order valence-electron chi connectivity index (χ2n) is 6.49. The van der Waals surface area contributed by atoms with Crippen LogP contribution < -0.4 is 10.2 Å². The van der Waals surface area contributed by atoms with Crippen LogP contribution in [0.2, 0.25) is 0 Å². The second-order valence-corrected chi connectivity index (χ2v) is 8.46. The second kappa shape index (κ2) is 9.11. The van der Waals surface area contributed by atoms with Crippen LogP contribution in [0.3, 0.4) is 0 Å². The number of hydrogen-bond acceptors (Lipinski definition) is 4. The average Bonchev–Trinajstić information content (AvgIpc) is 2.62. The number of hydrogen-bond donors (Lipinski definition) is 2. The predicted molar refractivity (Wildman–Crippen MR) is 97.9 cm³/mol. The van der Waals surface area contributed by atoms with Gasteiger partial charge in [0.05, 0.1) is 38.5 Å². The summed E-state index contributed by atoms with van der Waals surface area (Å²) in [6.45, 7) is 2.25. The van der Waals surface area contributed by atoms with E-state index in [2.05, 4.69) is 5.32 Å². The lowest BCUT2D eigenvalue weighted by atomic mass is 10.2. The zero-order valence-electron chi connectivity index (χ0n) is 15.3. The summed E-state index contributed by atoms with van der Waals surface area (Å²) in [7, 11) is -0.229. The molecule has 1 fully saturated rings. The van der Waals surface area contributed by atoms with Crippen molar-refractivity contribution in [2.24, 2.45) is 0 Å². The molecule has 9 heteroatoms. The van der Waals surface area contributed by atoms with Crippen LogP contribution in [0.4, 0.5) is 0 Å². The summed E-state index contributed by atoms with van der Waals surface area (Å²) in [5.74, 6) is -0.339. The van der Waals surface area contributed by atoms with E-state index in [1.165, 1.54) is 16.3 Å². The van der Waals surface area contributed by atoms with E-state index in [-0.39, 0.29) is 30.7 Å². The van der Waals surface area contributed by atoms with Crippen molar-refractivity contribution in [1.82, 2.24) is 14.5 Å². The Labute approximate surface area is 154 Å². The van der Waals surface area contributed by atoms with Crippen molar-refractivity contribution < 1.29 is 22.9 Å². The van der Waals surface area contributed by atoms with Gasteiger partial charge in [-0.15, -0.1) is 0 Å². The molecule has 0 aliphatic carbocycles. The minimum Gasteiger partial charge on any atom is -0.358 e. The number of rotatable bonds is 7. The first-order valence-corrected chi connectivity index (χ1v) is 10.2. The van der Waals surface area contributed by atoms with E-state index < -0.39 is 10.0 Å². The molecule has 2 amide bonds. The van der Waals surface area contributed by atoms with Gasteiger partial charge < -0.3 is 15.1 Å². The number of amides is 2. The van der Waals surface area contributed by atoms with Crippen molar-refractivity contribution in [3.05, 3.63) is 35.9 Å². The van der Waals surface area contributed by atoms with Gasteiger partial charge in [-0.05, 0) is 5.56 Å². The molecule has 0 atom stereocenters. The van der Waals surface area contributed by atoms with E-state index in [1.807, 2.05) is 18.2 Å². The Hall–Kier alpha value is -1.97. The fourth-order valence-electron chi connectivity index (χ4n) is 2.86. The molecule has 8 nitrogen and oxygen atoms in total. The first-order valence-electron chi connectivity index (χ1n) is 8.61. The van der Waals surface area contributed by atoms with Gasteiger partial charge in [0.1, 0.15) is 0 Å². The van der Waals surface area contributed by atoms with Crippen LogP contribution in [-0.2, 0) is 25.4 Å². The van der Waals surface area contributed by atoms with Crippen LogP contribution in [0.5, 0.6) is 0 Å². The standard InChI is InChI=1S/C17H26N4O4S/c1-18-16(22)12-19(2)17(23)13-20-8-10-21(11-9-20)26(24,25)14-15-6-4-3-5-7-15/h3-7H,8-14H2,1-2H3,(H,18,22)/p+1. The number of piperazine rings is 1. The highest BCUT2D eigenvalue weighted by molar-refractivity contribution is 7.88. The number of carbonyl (C=O) groups excluding carboxylic acids is 2. The van der Waals surface area contributed by atoms with Crippen LogP contribution in [0.25, 0.3) is 0 Å². The first kappa shape index (κ1) is 20.3. The molecule has 0 radical (unpaired) electrons. The highest BCUT2D eigenvalue weighted by Gasteiger charge is 2.30. The third-order valence-electron chi connectivity index (χ3n) is 4.50. The Morgan fingerprint density at radius 2 is 1.81 bits per heavy atom. The molecule has 1 aromatic carbocycles. The van der Waals surface area contributed by atoms with Crippen molar-refractivity contribution in [1.29, 1.82) is 0 Å². The maximum Gasteiger partial charge on any atom is 0.277 e. The molecule has 1 aliphatic heterocycles. The largest absolute Gasteiger partial charge is 0.358 e. The number of sulfonamides is 1. The minimum atomic E-state index is -3.35. The number of nitrogens with one attached hydrogen (secondary N) is 2. The number of carbonyl (C=O) groups is 2. The van der Waals surface area contributed by atoms with E-state index in [9.17, 15) is 18.0 Å². The van der Waals surface area contributed by atoms with Crippen molar-refractivity contribution in [3.63, 3.8) is 0 Å². The van der Waals surface area contributed by atoms with Gasteiger partial charge >= 0.3 is 0 Å². The molecule has 1 saturated heterocycles. The van der Waals surface area contributed by atoms with Crippen LogP contribution in [0.15, 0.2) is 30.3 Å². The van der Waals surface area contributed by atoms with Crippen LogP contribution in [0, 0.1) is 0 Å². The molecule has 0 spiro atoms. The van der Waals surface area contributed by atoms with Gasteiger partial charge in [-0.1, -0.05) is 30.3 Å². The number of benzene rings is 1. The lowest BCUT2D eigenvalue weighted by Crippen LogP contribution is -3.15. The van der Waals surface area contributed by atoms with Gasteiger partial charge in [0, 0.05) is 14.1 Å². The summed E-state index contributed by atoms with van der Waals surface area (Å²) in [5.41, 5.74) is 0.772. The Morgan fingerprint density at radius 1 is 1.19 bits per heavy atom. The fraction of sp³-hybridized carbons (Fsp3) is 0.529. The van der Waals surface area contributed by atoms with Gasteiger partial charge in [-0.25, -0.2) is 8.42 Å². The van der Waals surface area contributed by atoms with E-state index in [0.717, 1.165) is 10.5 Å². The smallest absolute Gasteiger partial charge is 0.277 e. The minimum absolute atomic E-state index is 0.00300. The maximum absolute atomic E-state index is 12.5. The molecule has 0 bridgehead atoms. The third kappa shape index (κ3) is 5.79. The Balaban J connectivity index is 1.83. The molecule has 0 saturated carbocycles. The zero-order valence-corrected chi connectivity index (χ0v) is 16.1. The summed E-state index contributed by atoms with van der Waals surface area (Å²) in [6.07, 6.45) is 0. The fourth-order valence-corrected chi connectivity index (χ4v) is 4.40. The molecule has 2 N–H and O–H groups in total. The Kier molecular flexibility index (Phi) is 7.13. The highest BCUT2D eigenvalue weighted by Crippen LogP contribution is 2.10. The average molecular weight is 383 g/mol. The van der Waals surface area contributed by atoms with Gasteiger partial charge in [-0.2, -0.15) is 4.31 Å². The summed E-state index contributed by atoms with van der Waals surface area (Å²) < 4.78 is 26.6. The normalized spacial score (nSPS) is 16.2. The van der Waals surface area contributed by atoms with Crippen molar-refractivity contribution in [2.45, 2.75) is 5.75 Å². The third-order valence-corrected chi connectivity index (χ3v) is 6.35. The van der Waals surface area contributed by atoms with E-state index >= 15 is 0 Å². The number of quaternary nitrogens is 1. The highest BCUT2D eigenvalue weighted by atomic mass is 32.2. The quantitative estimate of drug-likeness (QED) is 0.566. The van der Waals surface area contributed by atoms with E-state index in [4.69, 9.17) is 0 Å². The summed E-state index contributed by atoms with van der Waals surface area (Å²) in [6, 6.07) is 9.12. The maximum atomic E-state index is 12.5. The van der Waals surface area contributed by atoms with Gasteiger partial charge in [0.15, 0.2) is 6.54 Å². The molecule has 0 unspecified atom stereocenters. The topological polar surface area (TPSA) is 91.2 Å². The molecule has 0 aromatic heterocycles. The Bertz CT molecular complexity index is 716. The number of nitrogens with zero attached hydrogens (tertiary/aromatic N) is 2. The van der Waals surface area contributed by atoms with E-state index in [1.54, 1.807) is 19.2 Å². The molecule has 26 heavy (non-hydrogen) atoms. The Morgan fingerprint density at radius 3 is 2.38 bits per heavy atom. The lowest BCUT2D eigenvalue weighted by molar-refractivity contribution is -0.895. The van der Waals surface area contributed by atoms with Crippen molar-refractivity contribution in [3.8, 4) is 0 Å². The SMILES string of the molecule is CNC(=O)CN(C)C(=O)C[NH+]1CCN(S(=O)(=O)Cc2ccccc2)CC1. The van der Waals surface area contributed by atoms with E-state index in [0.29, 0.717) is 26.2 Å². The summed E-state index contributed by atoms with van der Waals surface area (Å²) in [5, 5.41) is 2.48. The lowest BCUT2D eigenvalue weighted by Gasteiger charge is -2.31. The summed E-state index contributed by atoms with van der Waals surface area (Å²) in [4.78, 5) is 25.9. The van der Waals surface area contributed by atoms with Gasteiger partial charge in [-0.3, -0.25) is 9.59 Å². The molecule has 144 valence electrons. The zero-order chi connectivity index (χ0) is 19.2. The van der Waals surface area contributed by atoms with Gasteiger partial charge in [0.2, 0.25) is 15.9 Å². The molecule has 1 heterocycles. The summed E-state index contributed by atoms with van der Waals surface area (Å²) >= 11 is 0. The number of likely N-dealkylation sites (N-methyl/N-ethyl adjacent to an activating group) is 2. The molecular weight excluding hydrogens is 356 g/mol. The monoisotopic (exact) mass is 383 g/mol. The van der Waals surface area contributed by atoms with Crippen LogP contribution in [0.1, 0.15) is 5.56 Å². The first-order chi connectivity index (χ1) is 12.3.